The van der Waals surface area contributed by atoms with Crippen molar-refractivity contribution < 1.29 is 27.8 Å². The minimum Gasteiger partial charge on any atom is -0.497 e. The van der Waals surface area contributed by atoms with E-state index in [1.807, 2.05) is 0 Å². The van der Waals surface area contributed by atoms with E-state index in [9.17, 15) is 18.4 Å². The molecule has 0 radical (unpaired) electrons. The van der Waals surface area contributed by atoms with Crippen molar-refractivity contribution in [2.45, 2.75) is 17.2 Å². The molecule has 2 amide bonds. The van der Waals surface area contributed by atoms with Crippen LogP contribution in [0.5, 0.6) is 11.5 Å². The standard InChI is InChI=1S/C20H18ClF2N3O4S/c1-26-17(27)11-16(31-19(26)25-13-4-3-5-15(10-13)29-2)18(28)24-12-6-8-14(9-7-12)30-20(21,22)23/h3-10,16H,11H2,1-2H3,(H,24,28). The van der Waals surface area contributed by atoms with Gasteiger partial charge in [-0.05, 0) is 36.4 Å². The Morgan fingerprint density at radius 3 is 2.61 bits per heavy atom. The summed E-state index contributed by atoms with van der Waals surface area (Å²) >= 11 is 5.88. The number of ether oxygens (including phenoxy) is 2. The number of anilines is 1. The third-order valence-electron chi connectivity index (χ3n) is 4.19. The molecule has 0 aromatic heterocycles. The molecule has 3 rings (SSSR count). The van der Waals surface area contributed by atoms with Gasteiger partial charge in [0, 0.05) is 36.8 Å². The minimum atomic E-state index is -3.83. The average molecular weight is 470 g/mol. The SMILES string of the molecule is COc1cccc(N=C2SC(C(=O)Nc3ccc(OC(F)(F)Cl)cc3)CC(=O)N2C)c1. The lowest BCUT2D eigenvalue weighted by Crippen LogP contribution is -2.43. The highest BCUT2D eigenvalue weighted by molar-refractivity contribution is 8.15. The topological polar surface area (TPSA) is 80.2 Å². The van der Waals surface area contributed by atoms with E-state index in [1.54, 1.807) is 31.3 Å². The molecule has 1 aliphatic rings. The molecule has 31 heavy (non-hydrogen) atoms. The fourth-order valence-electron chi connectivity index (χ4n) is 2.65. The smallest absolute Gasteiger partial charge is 0.487 e. The van der Waals surface area contributed by atoms with Gasteiger partial charge in [0.2, 0.25) is 11.8 Å². The predicted molar refractivity (Wildman–Crippen MR) is 115 cm³/mol. The third kappa shape index (κ3) is 6.31. The van der Waals surface area contributed by atoms with Crippen molar-refractivity contribution >= 4 is 51.7 Å². The number of rotatable bonds is 6. The number of halogens is 3. The number of carbonyl (C=O) groups excluding carboxylic acids is 2. The molecule has 1 N–H and O–H groups in total. The zero-order valence-corrected chi connectivity index (χ0v) is 18.0. The molecule has 11 heteroatoms. The van der Waals surface area contributed by atoms with E-state index < -0.39 is 16.7 Å². The quantitative estimate of drug-likeness (QED) is 0.632. The molecule has 0 spiro atoms. The van der Waals surface area contributed by atoms with E-state index >= 15 is 0 Å². The van der Waals surface area contributed by atoms with Crippen molar-refractivity contribution in [2.24, 2.45) is 4.99 Å². The van der Waals surface area contributed by atoms with Crippen LogP contribution >= 0.6 is 23.4 Å². The van der Waals surface area contributed by atoms with Gasteiger partial charge in [-0.15, -0.1) is 8.78 Å². The third-order valence-corrected chi connectivity index (χ3v) is 5.51. The lowest BCUT2D eigenvalue weighted by atomic mass is 10.2. The van der Waals surface area contributed by atoms with Crippen LogP contribution in [0.4, 0.5) is 20.2 Å². The fraction of sp³-hybridized carbons (Fsp3) is 0.250. The molecule has 1 atom stereocenters. The van der Waals surface area contributed by atoms with Gasteiger partial charge in [-0.25, -0.2) is 4.99 Å². The molecule has 1 unspecified atom stereocenters. The Kier molecular flexibility index (Phi) is 7.01. The van der Waals surface area contributed by atoms with Gasteiger partial charge in [0.05, 0.1) is 12.8 Å². The van der Waals surface area contributed by atoms with Gasteiger partial charge in [0.15, 0.2) is 5.17 Å². The Morgan fingerprint density at radius 2 is 1.97 bits per heavy atom. The van der Waals surface area contributed by atoms with E-state index in [2.05, 4.69) is 15.0 Å². The van der Waals surface area contributed by atoms with E-state index in [0.29, 0.717) is 22.3 Å². The zero-order chi connectivity index (χ0) is 22.6. The van der Waals surface area contributed by atoms with Crippen LogP contribution in [0.15, 0.2) is 53.5 Å². The van der Waals surface area contributed by atoms with Crippen LogP contribution in [-0.2, 0) is 9.59 Å². The number of nitrogens with one attached hydrogen (secondary N) is 1. The molecule has 1 aliphatic heterocycles. The Morgan fingerprint density at radius 1 is 1.26 bits per heavy atom. The lowest BCUT2D eigenvalue weighted by molar-refractivity contribution is -0.128. The van der Waals surface area contributed by atoms with Gasteiger partial charge in [-0.1, -0.05) is 17.8 Å². The molecule has 164 valence electrons. The second-order valence-electron chi connectivity index (χ2n) is 6.42. The van der Waals surface area contributed by atoms with Gasteiger partial charge in [-0.2, -0.15) is 0 Å². The molecule has 0 aliphatic carbocycles. The largest absolute Gasteiger partial charge is 0.497 e. The maximum atomic E-state index is 12.7. The van der Waals surface area contributed by atoms with E-state index in [4.69, 9.17) is 16.3 Å². The molecule has 0 bridgehead atoms. The van der Waals surface area contributed by atoms with Crippen LogP contribution in [0.1, 0.15) is 6.42 Å². The number of alkyl halides is 3. The summed E-state index contributed by atoms with van der Waals surface area (Å²) in [4.78, 5) is 30.9. The van der Waals surface area contributed by atoms with Crippen LogP contribution in [0.3, 0.4) is 0 Å². The van der Waals surface area contributed by atoms with E-state index in [0.717, 1.165) is 11.8 Å². The zero-order valence-electron chi connectivity index (χ0n) is 16.5. The van der Waals surface area contributed by atoms with Gasteiger partial charge < -0.3 is 14.8 Å². The highest BCUT2D eigenvalue weighted by atomic mass is 35.5. The van der Waals surface area contributed by atoms with Crippen molar-refractivity contribution in [3.63, 3.8) is 0 Å². The first-order chi connectivity index (χ1) is 14.6. The second-order valence-corrected chi connectivity index (χ2v) is 8.03. The first-order valence-electron chi connectivity index (χ1n) is 8.97. The molecule has 2 aromatic rings. The number of amides is 2. The Labute approximate surface area is 186 Å². The summed E-state index contributed by atoms with van der Waals surface area (Å²) in [6.45, 7) is 0. The number of carbonyl (C=O) groups is 2. The van der Waals surface area contributed by atoms with E-state index in [-0.39, 0.29) is 18.1 Å². The van der Waals surface area contributed by atoms with Crippen LogP contribution in [-0.4, -0.2) is 46.9 Å². The van der Waals surface area contributed by atoms with Crippen molar-refractivity contribution in [3.8, 4) is 11.5 Å². The highest BCUT2D eigenvalue weighted by Gasteiger charge is 2.34. The molecule has 1 saturated heterocycles. The van der Waals surface area contributed by atoms with Crippen molar-refractivity contribution in [3.05, 3.63) is 48.5 Å². The Hall–Kier alpha value is -2.85. The van der Waals surface area contributed by atoms with Crippen molar-refractivity contribution in [1.29, 1.82) is 0 Å². The number of hydrogen-bond donors (Lipinski definition) is 1. The summed E-state index contributed by atoms with van der Waals surface area (Å²) in [5, 5.41) is 2.32. The number of benzene rings is 2. The number of thioether (sulfide) groups is 1. The number of nitrogens with zero attached hydrogens (tertiary/aromatic N) is 2. The average Bonchev–Trinajstić information content (AvgIpc) is 2.71. The van der Waals surface area contributed by atoms with Crippen LogP contribution < -0.4 is 14.8 Å². The molecular weight excluding hydrogens is 452 g/mol. The highest BCUT2D eigenvalue weighted by Crippen LogP contribution is 2.30. The molecular formula is C20H18ClF2N3O4S. The summed E-state index contributed by atoms with van der Waals surface area (Å²) in [5.41, 5.74) is -2.89. The first-order valence-corrected chi connectivity index (χ1v) is 10.2. The Balaban J connectivity index is 1.71. The molecule has 1 heterocycles. The number of hydrogen-bond acceptors (Lipinski definition) is 6. The monoisotopic (exact) mass is 469 g/mol. The summed E-state index contributed by atoms with van der Waals surface area (Å²) < 4.78 is 34.8. The molecule has 0 saturated carbocycles. The van der Waals surface area contributed by atoms with Crippen LogP contribution in [0.25, 0.3) is 0 Å². The fourth-order valence-corrected chi connectivity index (χ4v) is 3.80. The maximum Gasteiger partial charge on any atom is 0.487 e. The number of methoxy groups -OCH3 is 1. The van der Waals surface area contributed by atoms with Crippen molar-refractivity contribution in [1.82, 2.24) is 4.90 Å². The summed E-state index contributed by atoms with van der Waals surface area (Å²) in [6.07, 6.45) is -0.0101. The summed E-state index contributed by atoms with van der Waals surface area (Å²) in [6, 6.07) is 12.3. The normalized spacial score (nSPS) is 18.1. The maximum absolute atomic E-state index is 12.7. The molecule has 1 fully saturated rings. The van der Waals surface area contributed by atoms with Crippen LogP contribution in [0, 0.1) is 0 Å². The number of amidine groups is 1. The van der Waals surface area contributed by atoms with Gasteiger partial charge in [-0.3, -0.25) is 14.5 Å². The molecule has 7 nitrogen and oxygen atoms in total. The predicted octanol–water partition coefficient (Wildman–Crippen LogP) is 4.45. The van der Waals surface area contributed by atoms with Gasteiger partial charge in [0.1, 0.15) is 16.7 Å². The van der Waals surface area contributed by atoms with Gasteiger partial charge in [0.25, 0.3) is 0 Å². The number of aliphatic imine (C=N–C) groups is 1. The van der Waals surface area contributed by atoms with Crippen LogP contribution in [0.2, 0.25) is 0 Å². The summed E-state index contributed by atoms with van der Waals surface area (Å²) in [7, 11) is 3.13. The second kappa shape index (κ2) is 9.52. The van der Waals surface area contributed by atoms with Crippen molar-refractivity contribution in [2.75, 3.05) is 19.5 Å². The lowest BCUT2D eigenvalue weighted by Gasteiger charge is -2.28. The minimum absolute atomic E-state index is 0.0101. The van der Waals surface area contributed by atoms with E-state index in [1.165, 1.54) is 36.3 Å². The first kappa shape index (κ1) is 22.8. The summed E-state index contributed by atoms with van der Waals surface area (Å²) in [5.74, 6) is -0.213. The van der Waals surface area contributed by atoms with Gasteiger partial charge >= 0.3 is 5.57 Å². The molecule has 2 aromatic carbocycles. The Bertz CT molecular complexity index is 999.